The van der Waals surface area contributed by atoms with Crippen LogP contribution in [0.3, 0.4) is 0 Å². The van der Waals surface area contributed by atoms with Crippen LogP contribution in [0, 0.1) is 0 Å². The van der Waals surface area contributed by atoms with Gasteiger partial charge in [-0.15, -0.1) is 11.8 Å². The highest BCUT2D eigenvalue weighted by molar-refractivity contribution is 9.10. The van der Waals surface area contributed by atoms with Crippen molar-refractivity contribution in [2.45, 2.75) is 4.90 Å². The van der Waals surface area contributed by atoms with Gasteiger partial charge < -0.3 is 4.84 Å². The summed E-state index contributed by atoms with van der Waals surface area (Å²) in [5.74, 6) is 0. The van der Waals surface area contributed by atoms with Crippen LogP contribution in [0.4, 0.5) is 0 Å². The van der Waals surface area contributed by atoms with E-state index in [0.29, 0.717) is 0 Å². The second kappa shape index (κ2) is 5.29. The molecule has 0 aliphatic rings. The molecule has 0 fully saturated rings. The van der Waals surface area contributed by atoms with E-state index in [2.05, 4.69) is 32.0 Å². The largest absolute Gasteiger partial charge is 0.399 e. The number of hydrogen-bond donors (Lipinski definition) is 0. The molecule has 1 aromatic carbocycles. The smallest absolute Gasteiger partial charge is 0.106 e. The van der Waals surface area contributed by atoms with Crippen LogP contribution in [0.25, 0.3) is 0 Å². The van der Waals surface area contributed by atoms with Crippen molar-refractivity contribution < 1.29 is 4.84 Å². The minimum Gasteiger partial charge on any atom is -0.399 e. The first-order valence-electron chi connectivity index (χ1n) is 3.68. The molecule has 1 rings (SSSR count). The molecule has 70 valence electrons. The molecule has 0 N–H and O–H groups in total. The van der Waals surface area contributed by atoms with Crippen molar-refractivity contribution in [3.8, 4) is 0 Å². The topological polar surface area (TPSA) is 21.6 Å². The first-order chi connectivity index (χ1) is 6.27. The SMILES string of the molecule is CO/N=C/c1ccc(Br)cc1SC. The lowest BCUT2D eigenvalue weighted by Gasteiger charge is -2.01. The molecule has 0 saturated carbocycles. The molecule has 1 aromatic rings. The standard InChI is InChI=1S/C9H10BrNOS/c1-12-11-6-7-3-4-8(10)5-9(7)13-2/h3-6H,1-2H3/b11-6+. The third-order valence-electron chi connectivity index (χ3n) is 1.49. The van der Waals surface area contributed by atoms with Crippen molar-refractivity contribution in [2.24, 2.45) is 5.16 Å². The Kier molecular flexibility index (Phi) is 4.32. The molecule has 0 unspecified atom stereocenters. The van der Waals surface area contributed by atoms with Crippen LogP contribution in [0.1, 0.15) is 5.56 Å². The monoisotopic (exact) mass is 259 g/mol. The highest BCUT2D eigenvalue weighted by Crippen LogP contribution is 2.23. The van der Waals surface area contributed by atoms with Gasteiger partial charge in [-0.2, -0.15) is 0 Å². The van der Waals surface area contributed by atoms with Crippen LogP contribution < -0.4 is 0 Å². The van der Waals surface area contributed by atoms with E-state index in [4.69, 9.17) is 0 Å². The minimum atomic E-state index is 1.07. The van der Waals surface area contributed by atoms with Gasteiger partial charge in [0, 0.05) is 14.9 Å². The summed E-state index contributed by atoms with van der Waals surface area (Å²) >= 11 is 5.10. The van der Waals surface area contributed by atoms with Gasteiger partial charge in [0.05, 0.1) is 6.21 Å². The lowest BCUT2D eigenvalue weighted by atomic mass is 10.2. The van der Waals surface area contributed by atoms with Crippen LogP contribution in [0.15, 0.2) is 32.7 Å². The zero-order valence-corrected chi connectivity index (χ0v) is 9.85. The minimum absolute atomic E-state index is 1.07. The molecule has 0 radical (unpaired) electrons. The molecule has 0 aromatic heterocycles. The Labute approximate surface area is 90.5 Å². The van der Waals surface area contributed by atoms with Crippen molar-refractivity contribution in [1.82, 2.24) is 0 Å². The second-order valence-corrected chi connectivity index (χ2v) is 4.07. The molecular formula is C9H10BrNOS. The summed E-state index contributed by atoms with van der Waals surface area (Å²) in [4.78, 5) is 5.80. The van der Waals surface area contributed by atoms with Crippen LogP contribution in [-0.2, 0) is 4.84 Å². The van der Waals surface area contributed by atoms with Crippen molar-refractivity contribution in [3.05, 3.63) is 28.2 Å². The number of benzene rings is 1. The highest BCUT2D eigenvalue weighted by Gasteiger charge is 1.99. The Morgan fingerprint density at radius 3 is 2.92 bits per heavy atom. The number of thioether (sulfide) groups is 1. The molecule has 2 nitrogen and oxygen atoms in total. The van der Waals surface area contributed by atoms with E-state index in [-0.39, 0.29) is 0 Å². The molecule has 0 aliphatic heterocycles. The van der Waals surface area contributed by atoms with Crippen LogP contribution in [0.2, 0.25) is 0 Å². The lowest BCUT2D eigenvalue weighted by molar-refractivity contribution is 0.215. The van der Waals surface area contributed by atoms with E-state index >= 15 is 0 Å². The number of oxime groups is 1. The molecule has 0 atom stereocenters. The van der Waals surface area contributed by atoms with Gasteiger partial charge in [0.1, 0.15) is 7.11 Å². The van der Waals surface area contributed by atoms with E-state index < -0.39 is 0 Å². The fraction of sp³-hybridized carbons (Fsp3) is 0.222. The van der Waals surface area contributed by atoms with E-state index in [0.717, 1.165) is 10.0 Å². The predicted octanol–water partition coefficient (Wildman–Crippen LogP) is 3.15. The van der Waals surface area contributed by atoms with Crippen LogP contribution in [-0.4, -0.2) is 19.6 Å². The van der Waals surface area contributed by atoms with Gasteiger partial charge in [0.2, 0.25) is 0 Å². The lowest BCUT2D eigenvalue weighted by Crippen LogP contribution is -1.86. The fourth-order valence-corrected chi connectivity index (χ4v) is 2.01. The molecule has 0 spiro atoms. The van der Waals surface area contributed by atoms with Crippen LogP contribution >= 0.6 is 27.7 Å². The first-order valence-corrected chi connectivity index (χ1v) is 5.69. The third kappa shape index (κ3) is 3.04. The van der Waals surface area contributed by atoms with Gasteiger partial charge in [0.15, 0.2) is 0 Å². The van der Waals surface area contributed by atoms with Gasteiger partial charge in [-0.25, -0.2) is 0 Å². The van der Waals surface area contributed by atoms with E-state index in [1.54, 1.807) is 18.0 Å². The number of halogens is 1. The van der Waals surface area contributed by atoms with Gasteiger partial charge in [0.25, 0.3) is 0 Å². The second-order valence-electron chi connectivity index (χ2n) is 2.30. The number of nitrogens with zero attached hydrogens (tertiary/aromatic N) is 1. The average molecular weight is 260 g/mol. The van der Waals surface area contributed by atoms with E-state index in [1.807, 2.05) is 18.4 Å². The van der Waals surface area contributed by atoms with Crippen molar-refractivity contribution >= 4 is 33.9 Å². The maximum absolute atomic E-state index is 4.62. The summed E-state index contributed by atoms with van der Waals surface area (Å²) in [6, 6.07) is 6.04. The van der Waals surface area contributed by atoms with Gasteiger partial charge in [-0.3, -0.25) is 0 Å². The van der Waals surface area contributed by atoms with Gasteiger partial charge >= 0.3 is 0 Å². The zero-order chi connectivity index (χ0) is 9.68. The molecule has 4 heteroatoms. The fourth-order valence-electron chi connectivity index (χ4n) is 0.901. The number of hydrogen-bond acceptors (Lipinski definition) is 3. The van der Waals surface area contributed by atoms with Gasteiger partial charge in [-0.05, 0) is 18.4 Å². The Hall–Kier alpha value is -0.480. The zero-order valence-electron chi connectivity index (χ0n) is 7.45. The Morgan fingerprint density at radius 2 is 2.31 bits per heavy atom. The first kappa shape index (κ1) is 10.6. The Balaban J connectivity index is 2.99. The molecule has 13 heavy (non-hydrogen) atoms. The number of rotatable bonds is 3. The summed E-state index contributed by atoms with van der Waals surface area (Å²) in [7, 11) is 1.54. The van der Waals surface area contributed by atoms with E-state index in [9.17, 15) is 0 Å². The predicted molar refractivity (Wildman–Crippen MR) is 60.5 cm³/mol. The van der Waals surface area contributed by atoms with Crippen LogP contribution in [0.5, 0.6) is 0 Å². The normalized spacial score (nSPS) is 10.7. The Bertz CT molecular complexity index is 314. The summed E-state index contributed by atoms with van der Waals surface area (Å²) < 4.78 is 1.08. The third-order valence-corrected chi connectivity index (χ3v) is 2.78. The van der Waals surface area contributed by atoms with Crippen molar-refractivity contribution in [2.75, 3.05) is 13.4 Å². The molecule has 0 aliphatic carbocycles. The maximum Gasteiger partial charge on any atom is 0.106 e. The van der Waals surface area contributed by atoms with Crippen molar-refractivity contribution in [3.63, 3.8) is 0 Å². The molecular weight excluding hydrogens is 250 g/mol. The quantitative estimate of drug-likeness (QED) is 0.473. The molecule has 0 heterocycles. The highest BCUT2D eigenvalue weighted by atomic mass is 79.9. The summed E-state index contributed by atoms with van der Waals surface area (Å²) in [5.41, 5.74) is 1.07. The Morgan fingerprint density at radius 1 is 1.54 bits per heavy atom. The molecule has 0 amide bonds. The molecule has 0 bridgehead atoms. The average Bonchev–Trinajstić information content (AvgIpc) is 2.16. The van der Waals surface area contributed by atoms with Gasteiger partial charge in [-0.1, -0.05) is 27.2 Å². The summed E-state index contributed by atoms with van der Waals surface area (Å²) in [6.07, 6.45) is 3.74. The molecule has 0 saturated heterocycles. The summed E-state index contributed by atoms with van der Waals surface area (Å²) in [5, 5.41) is 3.73. The van der Waals surface area contributed by atoms with E-state index in [1.165, 1.54) is 12.0 Å². The maximum atomic E-state index is 4.62. The summed E-state index contributed by atoms with van der Waals surface area (Å²) in [6.45, 7) is 0. The van der Waals surface area contributed by atoms with Crippen molar-refractivity contribution in [1.29, 1.82) is 0 Å².